The summed E-state index contributed by atoms with van der Waals surface area (Å²) >= 11 is 0. The molecule has 0 saturated heterocycles. The number of hydrogen-bond acceptors (Lipinski definition) is 4. The number of nitrogens with zero attached hydrogens (tertiary/aromatic N) is 4. The molecule has 0 aliphatic carbocycles. The largest absolute Gasteiger partial charge is 0.378 e. The number of hydrogen-bond donors (Lipinski definition) is 0. The molecule has 0 heterocycles. The lowest BCUT2D eigenvalue weighted by Crippen LogP contribution is -2.09. The molecule has 0 aromatic heterocycles. The second kappa shape index (κ2) is 13.5. The Hall–Kier alpha value is -4.44. The number of anilines is 4. The van der Waals surface area contributed by atoms with Gasteiger partial charge in [-0.3, -0.25) is 0 Å². The molecule has 0 spiro atoms. The van der Waals surface area contributed by atoms with Crippen molar-refractivity contribution >= 4 is 39.5 Å². The summed E-state index contributed by atoms with van der Waals surface area (Å²) in [6, 6.07) is 35.8. The van der Waals surface area contributed by atoms with Crippen molar-refractivity contribution in [1.29, 1.82) is 0 Å². The maximum atomic E-state index is 2.38. The maximum Gasteiger partial charge on any atom is 0.0361 e. The van der Waals surface area contributed by atoms with Crippen molar-refractivity contribution in [3.63, 3.8) is 0 Å². The first kappa shape index (κ1) is 30.5. The van der Waals surface area contributed by atoms with Gasteiger partial charge in [0.1, 0.15) is 0 Å². The number of rotatable bonds is 10. The normalized spacial score (nSPS) is 11.2. The Morgan fingerprint density at radius 3 is 1.00 bits per heavy atom. The van der Waals surface area contributed by atoms with E-state index in [4.69, 9.17) is 0 Å². The Morgan fingerprint density at radius 2 is 0.714 bits per heavy atom. The van der Waals surface area contributed by atoms with Crippen LogP contribution in [0.5, 0.6) is 0 Å². The quantitative estimate of drug-likeness (QED) is 0.143. The van der Waals surface area contributed by atoms with E-state index in [1.807, 2.05) is 0 Å². The van der Waals surface area contributed by atoms with E-state index in [0.29, 0.717) is 0 Å². The minimum atomic E-state index is 0.927. The molecule has 4 heteroatoms. The molecule has 4 aromatic rings. The zero-order chi connectivity index (χ0) is 30.4. The topological polar surface area (TPSA) is 13.0 Å². The van der Waals surface area contributed by atoms with E-state index in [2.05, 4.69) is 186 Å². The zero-order valence-electron chi connectivity index (χ0n) is 26.8. The highest BCUT2D eigenvalue weighted by atomic mass is 15.1. The van der Waals surface area contributed by atoms with Gasteiger partial charge in [-0.2, -0.15) is 0 Å². The second-order valence-electron chi connectivity index (χ2n) is 11.5. The molecule has 0 radical (unpaired) electrons. The van der Waals surface area contributed by atoms with Crippen molar-refractivity contribution < 1.29 is 0 Å². The molecule has 0 amide bonds. The molecule has 4 rings (SSSR count). The third kappa shape index (κ3) is 6.88. The van der Waals surface area contributed by atoms with Gasteiger partial charge in [0, 0.05) is 79.1 Å². The van der Waals surface area contributed by atoms with Crippen LogP contribution in [-0.4, -0.2) is 56.4 Å². The van der Waals surface area contributed by atoms with E-state index in [0.717, 1.165) is 6.42 Å². The Morgan fingerprint density at radius 1 is 0.429 bits per heavy atom. The smallest absolute Gasteiger partial charge is 0.0361 e. The van der Waals surface area contributed by atoms with E-state index < -0.39 is 0 Å². The van der Waals surface area contributed by atoms with Crippen LogP contribution in [-0.2, 0) is 0 Å². The van der Waals surface area contributed by atoms with E-state index in [1.165, 1.54) is 61.7 Å². The van der Waals surface area contributed by atoms with Gasteiger partial charge in [0.2, 0.25) is 0 Å². The number of benzene rings is 4. The fourth-order valence-corrected chi connectivity index (χ4v) is 5.18. The molecular formula is C38H46N4. The van der Waals surface area contributed by atoms with Gasteiger partial charge in [0.25, 0.3) is 0 Å². The lowest BCUT2D eigenvalue weighted by Gasteiger charge is -2.23. The van der Waals surface area contributed by atoms with Crippen LogP contribution in [0.3, 0.4) is 0 Å². The average molecular weight is 559 g/mol. The maximum absolute atomic E-state index is 2.38. The third-order valence-corrected chi connectivity index (χ3v) is 7.64. The average Bonchev–Trinajstić information content (AvgIpc) is 2.99. The first-order chi connectivity index (χ1) is 20.1. The molecule has 218 valence electrons. The predicted octanol–water partition coefficient (Wildman–Crippen LogP) is 8.40. The van der Waals surface area contributed by atoms with Crippen molar-refractivity contribution in [2.24, 2.45) is 0 Å². The summed E-state index contributed by atoms with van der Waals surface area (Å²) in [6.07, 6.45) is 3.30. The van der Waals surface area contributed by atoms with Crippen molar-refractivity contribution in [3.8, 4) is 0 Å². The van der Waals surface area contributed by atoms with Crippen LogP contribution in [0.15, 0.2) is 103 Å². The Balaban J connectivity index is 2.09. The van der Waals surface area contributed by atoms with E-state index in [9.17, 15) is 0 Å². The van der Waals surface area contributed by atoms with Gasteiger partial charge in [0.05, 0.1) is 0 Å². The molecule has 0 atom stereocenters. The third-order valence-electron chi connectivity index (χ3n) is 7.64. The van der Waals surface area contributed by atoms with Crippen LogP contribution < -0.4 is 19.6 Å². The zero-order valence-corrected chi connectivity index (χ0v) is 26.8. The van der Waals surface area contributed by atoms with Crippen molar-refractivity contribution in [2.75, 3.05) is 76.0 Å². The van der Waals surface area contributed by atoms with Crippen LogP contribution in [0, 0.1) is 0 Å². The minimum Gasteiger partial charge on any atom is -0.378 e. The van der Waals surface area contributed by atoms with Crippen molar-refractivity contribution in [3.05, 3.63) is 125 Å². The molecule has 0 aliphatic rings. The van der Waals surface area contributed by atoms with Crippen LogP contribution in [0.2, 0.25) is 0 Å². The van der Waals surface area contributed by atoms with E-state index in [1.54, 1.807) is 0 Å². The summed E-state index contributed by atoms with van der Waals surface area (Å²) < 4.78 is 0. The van der Waals surface area contributed by atoms with Gasteiger partial charge >= 0.3 is 0 Å². The van der Waals surface area contributed by atoms with Crippen LogP contribution in [0.4, 0.5) is 22.7 Å². The molecule has 4 aromatic carbocycles. The minimum absolute atomic E-state index is 0.927. The Bertz CT molecular complexity index is 1450. The highest BCUT2D eigenvalue weighted by molar-refractivity contribution is 6.18. The molecule has 0 bridgehead atoms. The lowest BCUT2D eigenvalue weighted by atomic mass is 9.82. The summed E-state index contributed by atoms with van der Waals surface area (Å²) in [6.45, 7) is 2.22. The first-order valence-electron chi connectivity index (χ1n) is 14.7. The standard InChI is InChI=1S/C38H46N4/c1-10-11-36(28-12-20-32(21-13-28)39(2)3)38(31-18-26-35(27-19-31)42(8)9)37(29-14-22-33(23-15-29)40(4)5)30-16-24-34(25-17-30)41(6)7/h11-27H,10H2,1-9H3. The summed E-state index contributed by atoms with van der Waals surface area (Å²) in [7, 11) is 16.7. The van der Waals surface area contributed by atoms with Crippen molar-refractivity contribution in [2.45, 2.75) is 13.3 Å². The summed E-state index contributed by atoms with van der Waals surface area (Å²) in [5.41, 5.74) is 13.2. The molecule has 0 saturated carbocycles. The second-order valence-corrected chi connectivity index (χ2v) is 11.5. The van der Waals surface area contributed by atoms with Crippen molar-refractivity contribution in [1.82, 2.24) is 0 Å². The SMILES string of the molecule is CCC=C(C(=C(c1ccc(N(C)C)cc1)c1ccc(N(C)C)cc1)c1ccc(N(C)C)cc1)c1ccc(N(C)C)cc1. The molecule has 0 N–H and O–H groups in total. The molecule has 42 heavy (non-hydrogen) atoms. The Kier molecular flexibility index (Phi) is 9.80. The van der Waals surface area contributed by atoms with Gasteiger partial charge < -0.3 is 19.6 Å². The van der Waals surface area contributed by atoms with Crippen LogP contribution in [0.25, 0.3) is 16.7 Å². The molecule has 4 nitrogen and oxygen atoms in total. The summed E-state index contributed by atoms with van der Waals surface area (Å²) in [5, 5.41) is 0. The highest BCUT2D eigenvalue weighted by Crippen LogP contribution is 2.42. The molecular weight excluding hydrogens is 512 g/mol. The molecule has 0 unspecified atom stereocenters. The van der Waals surface area contributed by atoms with Gasteiger partial charge in [-0.15, -0.1) is 0 Å². The number of allylic oxidation sites excluding steroid dienone is 3. The molecule has 0 aliphatic heterocycles. The van der Waals surface area contributed by atoms with Gasteiger partial charge in [-0.25, -0.2) is 0 Å². The fourth-order valence-electron chi connectivity index (χ4n) is 5.18. The van der Waals surface area contributed by atoms with Gasteiger partial charge in [0.15, 0.2) is 0 Å². The van der Waals surface area contributed by atoms with E-state index in [-0.39, 0.29) is 0 Å². The van der Waals surface area contributed by atoms with Crippen LogP contribution >= 0.6 is 0 Å². The Labute approximate surface area is 253 Å². The highest BCUT2D eigenvalue weighted by Gasteiger charge is 2.20. The predicted molar refractivity (Wildman–Crippen MR) is 187 cm³/mol. The fraction of sp³-hybridized carbons (Fsp3) is 0.263. The van der Waals surface area contributed by atoms with E-state index >= 15 is 0 Å². The first-order valence-corrected chi connectivity index (χ1v) is 14.7. The summed E-state index contributed by atoms with van der Waals surface area (Å²) in [4.78, 5) is 8.59. The summed E-state index contributed by atoms with van der Waals surface area (Å²) in [5.74, 6) is 0. The van der Waals surface area contributed by atoms with Crippen LogP contribution in [0.1, 0.15) is 35.6 Å². The monoisotopic (exact) mass is 558 g/mol. The van der Waals surface area contributed by atoms with Gasteiger partial charge in [-0.1, -0.05) is 61.5 Å². The van der Waals surface area contributed by atoms with Gasteiger partial charge in [-0.05, 0) is 93.9 Å². The lowest BCUT2D eigenvalue weighted by molar-refractivity contribution is 1.13. The molecule has 0 fully saturated rings.